The maximum atomic E-state index is 12.9. The van der Waals surface area contributed by atoms with E-state index in [2.05, 4.69) is 67.4 Å². The van der Waals surface area contributed by atoms with Crippen molar-refractivity contribution in [1.29, 1.82) is 0 Å². The molecule has 0 radical (unpaired) electrons. The molecule has 0 unspecified atom stereocenters. The lowest BCUT2D eigenvalue weighted by Gasteiger charge is -2.32. The number of para-hydroxylation sites is 1. The van der Waals surface area contributed by atoms with Gasteiger partial charge >= 0.3 is 0 Å². The van der Waals surface area contributed by atoms with E-state index in [1.165, 1.54) is 16.7 Å². The molecule has 186 valence electrons. The summed E-state index contributed by atoms with van der Waals surface area (Å²) in [6, 6.07) is 16.9. The number of rotatable bonds is 12. The van der Waals surface area contributed by atoms with E-state index < -0.39 is 0 Å². The number of nitrogens with one attached hydrogen (secondary N) is 1. The van der Waals surface area contributed by atoms with Gasteiger partial charge < -0.3 is 19.7 Å². The van der Waals surface area contributed by atoms with Gasteiger partial charge in [0.05, 0.1) is 12.6 Å². The number of methoxy groups -OCH3 is 1. The summed E-state index contributed by atoms with van der Waals surface area (Å²) in [6.45, 7) is 10.7. The van der Waals surface area contributed by atoms with E-state index in [9.17, 15) is 4.79 Å². The fourth-order valence-corrected chi connectivity index (χ4v) is 4.68. The van der Waals surface area contributed by atoms with Gasteiger partial charge in [-0.3, -0.25) is 4.79 Å². The van der Waals surface area contributed by atoms with Crippen LogP contribution in [0.15, 0.2) is 48.5 Å². The topological polar surface area (TPSA) is 50.8 Å². The van der Waals surface area contributed by atoms with Crippen LogP contribution in [-0.2, 0) is 16.0 Å². The van der Waals surface area contributed by atoms with Crippen LogP contribution < -0.4 is 10.1 Å². The average Bonchev–Trinajstić information content (AvgIpc) is 2.83. The number of piperidine rings is 1. The number of nitrogens with zero attached hydrogens (tertiary/aromatic N) is 1. The lowest BCUT2D eigenvalue weighted by molar-refractivity contribution is -0.123. The maximum Gasteiger partial charge on any atom is 0.220 e. The van der Waals surface area contributed by atoms with Gasteiger partial charge in [-0.05, 0) is 68.3 Å². The maximum absolute atomic E-state index is 12.9. The molecule has 1 aliphatic rings. The molecule has 1 amide bonds. The second-order valence-electron chi connectivity index (χ2n) is 9.89. The van der Waals surface area contributed by atoms with Crippen LogP contribution in [0.1, 0.15) is 55.8 Å². The number of hydrogen-bond acceptors (Lipinski definition) is 4. The molecule has 1 fully saturated rings. The molecule has 0 spiro atoms. The molecule has 1 heterocycles. The van der Waals surface area contributed by atoms with Crippen LogP contribution in [0.4, 0.5) is 0 Å². The van der Waals surface area contributed by atoms with Crippen LogP contribution in [-0.4, -0.2) is 50.8 Å². The van der Waals surface area contributed by atoms with Crippen molar-refractivity contribution in [2.45, 2.75) is 52.5 Å². The smallest absolute Gasteiger partial charge is 0.220 e. The summed E-state index contributed by atoms with van der Waals surface area (Å²) in [5.41, 5.74) is 3.68. The van der Waals surface area contributed by atoms with Gasteiger partial charge in [-0.25, -0.2) is 0 Å². The lowest BCUT2D eigenvalue weighted by Crippen LogP contribution is -2.38. The number of aryl methyl sites for hydroxylation is 1. The summed E-state index contributed by atoms with van der Waals surface area (Å²) in [6.07, 6.45) is 3.76. The first kappa shape index (κ1) is 26.2. The van der Waals surface area contributed by atoms with Gasteiger partial charge in [-0.2, -0.15) is 0 Å². The summed E-state index contributed by atoms with van der Waals surface area (Å²) >= 11 is 0. The van der Waals surface area contributed by atoms with E-state index in [1.54, 1.807) is 7.11 Å². The molecule has 2 aromatic rings. The summed E-state index contributed by atoms with van der Waals surface area (Å²) in [7, 11) is 1.69. The Morgan fingerprint density at radius 2 is 1.76 bits per heavy atom. The molecule has 5 heteroatoms. The van der Waals surface area contributed by atoms with Gasteiger partial charge in [-0.15, -0.1) is 0 Å². The van der Waals surface area contributed by atoms with E-state index in [4.69, 9.17) is 9.47 Å². The van der Waals surface area contributed by atoms with Gasteiger partial charge in [0.1, 0.15) is 12.4 Å². The Hall–Kier alpha value is -2.37. The van der Waals surface area contributed by atoms with Crippen molar-refractivity contribution >= 4 is 5.91 Å². The van der Waals surface area contributed by atoms with E-state index in [-0.39, 0.29) is 11.9 Å². The summed E-state index contributed by atoms with van der Waals surface area (Å²) in [4.78, 5) is 15.4. The largest absolute Gasteiger partial charge is 0.491 e. The summed E-state index contributed by atoms with van der Waals surface area (Å²) in [5, 5.41) is 3.31. The Labute approximate surface area is 205 Å². The van der Waals surface area contributed by atoms with Crippen molar-refractivity contribution in [3.63, 3.8) is 0 Å². The first-order chi connectivity index (χ1) is 16.5. The van der Waals surface area contributed by atoms with Crippen molar-refractivity contribution in [3.8, 4) is 5.75 Å². The molecule has 0 saturated carbocycles. The molecule has 1 N–H and O–H groups in total. The third kappa shape index (κ3) is 8.14. The third-order valence-corrected chi connectivity index (χ3v) is 6.82. The molecule has 1 aliphatic heterocycles. The highest BCUT2D eigenvalue weighted by Gasteiger charge is 2.24. The minimum Gasteiger partial charge on any atom is -0.491 e. The van der Waals surface area contributed by atoms with Crippen molar-refractivity contribution in [2.75, 3.05) is 40.0 Å². The first-order valence-corrected chi connectivity index (χ1v) is 12.7. The molecule has 0 aliphatic carbocycles. The fourth-order valence-electron chi connectivity index (χ4n) is 4.68. The zero-order valence-corrected chi connectivity index (χ0v) is 21.4. The molecule has 5 nitrogen and oxygen atoms in total. The minimum absolute atomic E-state index is 0.0689. The van der Waals surface area contributed by atoms with E-state index >= 15 is 0 Å². The molecule has 0 bridgehead atoms. The van der Waals surface area contributed by atoms with Gasteiger partial charge in [0.15, 0.2) is 0 Å². The lowest BCUT2D eigenvalue weighted by atomic mass is 9.91. The molecule has 1 atom stereocenters. The number of amides is 1. The highest BCUT2D eigenvalue weighted by Crippen LogP contribution is 2.25. The SMILES string of the molecule is COCCOc1ccccc1CCN1CCC(CC(=O)N[C@@H](c2ccc(C)cc2)C(C)C)CC1. The van der Waals surface area contributed by atoms with Crippen LogP contribution in [0.3, 0.4) is 0 Å². The zero-order valence-electron chi connectivity index (χ0n) is 21.4. The minimum atomic E-state index is 0.0689. The molecular formula is C29H42N2O3. The number of hydrogen-bond donors (Lipinski definition) is 1. The average molecular weight is 467 g/mol. The predicted molar refractivity (Wildman–Crippen MR) is 138 cm³/mol. The number of carbonyl (C=O) groups excluding carboxylic acids is 1. The molecule has 34 heavy (non-hydrogen) atoms. The first-order valence-electron chi connectivity index (χ1n) is 12.7. The molecule has 1 saturated heterocycles. The third-order valence-electron chi connectivity index (χ3n) is 6.82. The Balaban J connectivity index is 1.42. The molecule has 3 rings (SSSR count). The van der Waals surface area contributed by atoms with Crippen molar-refractivity contribution in [1.82, 2.24) is 10.2 Å². The zero-order chi connectivity index (χ0) is 24.3. The fraction of sp³-hybridized carbons (Fsp3) is 0.552. The standard InChI is InChI=1S/C29H42N2O3/c1-22(2)29(26-11-9-23(3)10-12-26)30-28(32)21-24-13-16-31(17-14-24)18-15-25-7-5-6-8-27(25)34-20-19-33-4/h5-12,22,24,29H,13-21H2,1-4H3,(H,30,32)/t29-/m1/s1. The Morgan fingerprint density at radius 1 is 1.06 bits per heavy atom. The number of likely N-dealkylation sites (tertiary alicyclic amines) is 1. The van der Waals surface area contributed by atoms with Gasteiger partial charge in [0, 0.05) is 20.1 Å². The van der Waals surface area contributed by atoms with Crippen LogP contribution in [0.25, 0.3) is 0 Å². The summed E-state index contributed by atoms with van der Waals surface area (Å²) in [5.74, 6) is 1.96. The Bertz CT molecular complexity index is 873. The highest BCUT2D eigenvalue weighted by atomic mass is 16.5. The Kier molecular flexibility index (Phi) is 10.4. The summed E-state index contributed by atoms with van der Waals surface area (Å²) < 4.78 is 11.0. The van der Waals surface area contributed by atoms with Crippen LogP contribution in [0, 0.1) is 18.8 Å². The van der Waals surface area contributed by atoms with Crippen molar-refractivity contribution < 1.29 is 14.3 Å². The van der Waals surface area contributed by atoms with Crippen molar-refractivity contribution in [3.05, 3.63) is 65.2 Å². The number of ether oxygens (including phenoxy) is 2. The Morgan fingerprint density at radius 3 is 2.44 bits per heavy atom. The van der Waals surface area contributed by atoms with Gasteiger partial charge in [0.2, 0.25) is 5.91 Å². The molecule has 0 aromatic heterocycles. The van der Waals surface area contributed by atoms with E-state index in [0.29, 0.717) is 31.5 Å². The second-order valence-corrected chi connectivity index (χ2v) is 9.89. The number of carbonyl (C=O) groups is 1. The van der Waals surface area contributed by atoms with Gasteiger partial charge in [-0.1, -0.05) is 61.9 Å². The van der Waals surface area contributed by atoms with Crippen molar-refractivity contribution in [2.24, 2.45) is 11.8 Å². The monoisotopic (exact) mass is 466 g/mol. The normalized spacial score (nSPS) is 15.9. The molecular weight excluding hydrogens is 424 g/mol. The quantitative estimate of drug-likeness (QED) is 0.438. The predicted octanol–water partition coefficient (Wildman–Crippen LogP) is 5.18. The van der Waals surface area contributed by atoms with Crippen LogP contribution in [0.2, 0.25) is 0 Å². The van der Waals surface area contributed by atoms with E-state index in [1.807, 2.05) is 12.1 Å². The van der Waals surface area contributed by atoms with Crippen LogP contribution in [0.5, 0.6) is 5.75 Å². The van der Waals surface area contributed by atoms with E-state index in [0.717, 1.165) is 44.6 Å². The molecule has 2 aromatic carbocycles. The second kappa shape index (κ2) is 13.5. The number of benzene rings is 2. The van der Waals surface area contributed by atoms with Gasteiger partial charge in [0.25, 0.3) is 0 Å². The van der Waals surface area contributed by atoms with Crippen LogP contribution >= 0.6 is 0 Å². The highest BCUT2D eigenvalue weighted by molar-refractivity contribution is 5.76.